The van der Waals surface area contributed by atoms with Crippen molar-refractivity contribution >= 4 is 31.7 Å². The molecular weight excluding hydrogens is 759 g/mol. The van der Waals surface area contributed by atoms with Crippen LogP contribution in [0.15, 0.2) is 108 Å². The summed E-state index contributed by atoms with van der Waals surface area (Å²) >= 11 is 0. The van der Waals surface area contributed by atoms with Gasteiger partial charge in [0.25, 0.3) is 0 Å². The van der Waals surface area contributed by atoms with Crippen LogP contribution in [-0.4, -0.2) is 77.0 Å². The Morgan fingerprint density at radius 3 is 2.20 bits per heavy atom. The first-order chi connectivity index (χ1) is 26.9. The van der Waals surface area contributed by atoms with Gasteiger partial charge in [-0.2, -0.15) is 18.9 Å². The molecule has 3 aromatic carbocycles. The fraction of sp³-hybridized carbons (Fsp3) is 0.324. The Morgan fingerprint density at radius 1 is 0.929 bits per heavy atom. The molecule has 2 fully saturated rings. The molecular formula is C37H38F2N5O11P. The highest BCUT2D eigenvalue weighted by atomic mass is 31.2. The van der Waals surface area contributed by atoms with Crippen molar-refractivity contribution < 1.29 is 55.7 Å². The zero-order valence-corrected chi connectivity index (χ0v) is 30.8. The fourth-order valence-electron chi connectivity index (χ4n) is 5.85. The summed E-state index contributed by atoms with van der Waals surface area (Å²) in [4.78, 5) is 56.3. The van der Waals surface area contributed by atoms with E-state index in [0.29, 0.717) is 28.7 Å². The highest BCUT2D eigenvalue weighted by Crippen LogP contribution is 2.49. The summed E-state index contributed by atoms with van der Waals surface area (Å²) < 4.78 is 79.7. The second kappa shape index (κ2) is 17.8. The van der Waals surface area contributed by atoms with E-state index in [1.165, 1.54) is 17.0 Å². The van der Waals surface area contributed by atoms with Crippen LogP contribution >= 0.6 is 7.75 Å². The number of likely N-dealkylation sites (N-methyl/N-ethyl adjacent to an activating group) is 1. The van der Waals surface area contributed by atoms with Gasteiger partial charge in [0.05, 0.1) is 12.6 Å². The van der Waals surface area contributed by atoms with Crippen molar-refractivity contribution in [1.29, 1.82) is 0 Å². The zero-order valence-electron chi connectivity index (χ0n) is 29.9. The van der Waals surface area contributed by atoms with Crippen molar-refractivity contribution in [3.8, 4) is 5.75 Å². The molecule has 6 rings (SSSR count). The van der Waals surface area contributed by atoms with E-state index in [0.717, 1.165) is 12.3 Å². The smallest absolute Gasteiger partial charge is 0.444 e. The molecule has 1 aromatic heterocycles. The van der Waals surface area contributed by atoms with E-state index in [1.807, 2.05) is 0 Å². The highest BCUT2D eigenvalue weighted by molar-refractivity contribution is 7.52. The summed E-state index contributed by atoms with van der Waals surface area (Å²) in [5.41, 5.74) is -0.0400. The molecule has 0 spiro atoms. The van der Waals surface area contributed by atoms with Crippen molar-refractivity contribution in [3.63, 3.8) is 0 Å². The first-order valence-electron chi connectivity index (χ1n) is 17.4. The largest absolute Gasteiger partial charge is 0.509 e. The molecule has 0 aliphatic carbocycles. The van der Waals surface area contributed by atoms with Gasteiger partial charge in [-0.15, -0.1) is 0 Å². The number of likely N-dealkylation sites (tertiary alicyclic amines) is 1. The minimum Gasteiger partial charge on any atom is -0.444 e. The topological polar surface area (TPSA) is 186 Å². The second-order valence-corrected chi connectivity index (χ2v) is 14.4. The van der Waals surface area contributed by atoms with E-state index in [-0.39, 0.29) is 31.2 Å². The number of benzene rings is 3. The van der Waals surface area contributed by atoms with Crippen molar-refractivity contribution in [1.82, 2.24) is 19.5 Å². The minimum atomic E-state index is -4.56. The van der Waals surface area contributed by atoms with Crippen LogP contribution in [0.3, 0.4) is 0 Å². The minimum absolute atomic E-state index is 0.0723. The molecule has 2 saturated heterocycles. The third kappa shape index (κ3) is 10.1. The van der Waals surface area contributed by atoms with Gasteiger partial charge in [-0.1, -0.05) is 78.9 Å². The number of alkyl halides is 2. The molecule has 3 heterocycles. The predicted octanol–water partition coefficient (Wildman–Crippen LogP) is 5.66. The van der Waals surface area contributed by atoms with Crippen LogP contribution in [0.4, 0.5) is 24.2 Å². The molecule has 3 unspecified atom stereocenters. The van der Waals surface area contributed by atoms with Gasteiger partial charge in [-0.3, -0.25) is 19.2 Å². The fourth-order valence-corrected chi connectivity index (χ4v) is 7.40. The first kappa shape index (κ1) is 40.0. The number of hydrogen-bond acceptors (Lipinski definition) is 12. The van der Waals surface area contributed by atoms with Crippen molar-refractivity contribution in [2.45, 2.75) is 56.5 Å². The molecule has 2 amide bonds. The summed E-state index contributed by atoms with van der Waals surface area (Å²) in [5, 5.41) is 4.89. The van der Waals surface area contributed by atoms with E-state index in [2.05, 4.69) is 15.4 Å². The molecule has 4 aromatic rings. The lowest BCUT2D eigenvalue weighted by Crippen LogP contribution is -2.48. The summed E-state index contributed by atoms with van der Waals surface area (Å²) in [6.45, 7) is -0.886. The van der Waals surface area contributed by atoms with E-state index < -0.39 is 68.6 Å². The van der Waals surface area contributed by atoms with Crippen LogP contribution < -0.4 is 20.6 Å². The number of carbonyl (C=O) groups is 3. The van der Waals surface area contributed by atoms with Crippen molar-refractivity contribution in [3.05, 3.63) is 125 Å². The van der Waals surface area contributed by atoms with Crippen LogP contribution in [0.1, 0.15) is 30.2 Å². The Kier molecular flexibility index (Phi) is 12.7. The number of hydrogen-bond donors (Lipinski definition) is 2. The van der Waals surface area contributed by atoms with Gasteiger partial charge in [0.15, 0.2) is 0 Å². The number of amides is 2. The van der Waals surface area contributed by atoms with Gasteiger partial charge in [-0.25, -0.2) is 18.9 Å². The monoisotopic (exact) mass is 797 g/mol. The Bertz CT molecular complexity index is 2080. The predicted molar refractivity (Wildman–Crippen MR) is 194 cm³/mol. The molecule has 2 aliphatic rings. The van der Waals surface area contributed by atoms with Crippen LogP contribution in [0.25, 0.3) is 0 Å². The molecule has 0 radical (unpaired) electrons. The van der Waals surface area contributed by atoms with Crippen molar-refractivity contribution in [2.24, 2.45) is 0 Å². The van der Waals surface area contributed by atoms with E-state index >= 15 is 8.78 Å². The number of rotatable bonds is 14. The maximum Gasteiger partial charge on any atom is 0.509 e. The SMILES string of the molecule is CN1CCCC(NP(=O)(OCC2O[C@@H](n3ccc(NC(=O)OCc4ccccc4)nc3=O)C(F)(F)[C@@H]2OC(=O)OCc2ccccc2)Oc2ccccc2)C1=O. The number of piperidine rings is 1. The van der Waals surface area contributed by atoms with Crippen LogP contribution in [0.5, 0.6) is 5.75 Å². The number of nitrogens with one attached hydrogen (secondary N) is 2. The lowest BCUT2D eigenvalue weighted by atomic mass is 10.1. The van der Waals surface area contributed by atoms with Gasteiger partial charge in [-0.05, 0) is 42.2 Å². The average molecular weight is 798 g/mol. The number of carbonyl (C=O) groups excluding carboxylic acids is 3. The Balaban J connectivity index is 1.22. The standard InChI is InChI=1S/C37H38F2N5O11P/c1-43-20-11-18-28(32(43)45)42-56(49,55-27-16-9-4-10-17-27)52-24-29-31(54-36(48)51-23-26-14-7-3-8-15-26)37(38,39)33(53-29)44-21-19-30(40-34(44)46)41-35(47)50-22-25-12-5-2-6-13-25/h2-10,12-17,19,21,28-29,31,33H,11,18,20,22-24H2,1H3,(H,42,49)(H,40,41,46,47)/t28?,29?,31-,33-,56?/m1/s1. The van der Waals surface area contributed by atoms with Gasteiger partial charge in [0.2, 0.25) is 18.2 Å². The number of halogens is 2. The molecule has 296 valence electrons. The highest BCUT2D eigenvalue weighted by Gasteiger charge is 2.63. The number of aromatic nitrogens is 2. The normalized spacial score (nSPS) is 21.4. The van der Waals surface area contributed by atoms with Gasteiger partial charge in [0, 0.05) is 19.8 Å². The number of para-hydroxylation sites is 1. The molecule has 56 heavy (non-hydrogen) atoms. The lowest BCUT2D eigenvalue weighted by molar-refractivity contribution is -0.146. The number of ether oxygens (including phenoxy) is 4. The summed E-state index contributed by atoms with van der Waals surface area (Å²) in [5.74, 6) is -4.79. The van der Waals surface area contributed by atoms with E-state index in [9.17, 15) is 23.7 Å². The molecule has 0 saturated carbocycles. The number of nitrogens with zero attached hydrogens (tertiary/aromatic N) is 3. The molecule has 2 aliphatic heterocycles. The molecule has 0 bridgehead atoms. The lowest BCUT2D eigenvalue weighted by Gasteiger charge is -2.32. The van der Waals surface area contributed by atoms with Crippen molar-refractivity contribution in [2.75, 3.05) is 25.5 Å². The maximum absolute atomic E-state index is 16.4. The Hall–Kier alpha value is -5.68. The van der Waals surface area contributed by atoms with E-state index in [4.69, 9.17) is 28.0 Å². The first-order valence-corrected chi connectivity index (χ1v) is 18.9. The Morgan fingerprint density at radius 2 is 1.55 bits per heavy atom. The number of anilines is 1. The third-order valence-corrected chi connectivity index (χ3v) is 10.2. The second-order valence-electron chi connectivity index (χ2n) is 12.7. The quantitative estimate of drug-likeness (QED) is 0.118. The van der Waals surface area contributed by atoms with Gasteiger partial charge >= 0.3 is 31.6 Å². The maximum atomic E-state index is 16.4. The zero-order chi connectivity index (χ0) is 39.7. The van der Waals surface area contributed by atoms with Crippen LogP contribution in [-0.2, 0) is 46.0 Å². The Labute approximate surface area is 319 Å². The summed E-state index contributed by atoms with van der Waals surface area (Å²) in [6, 6.07) is 25.0. The average Bonchev–Trinajstić information content (AvgIpc) is 3.43. The third-order valence-electron chi connectivity index (χ3n) is 8.65. The molecule has 2 N–H and O–H groups in total. The van der Waals surface area contributed by atoms with Crippen LogP contribution in [0.2, 0.25) is 0 Å². The molecule has 19 heteroatoms. The molecule has 16 nitrogen and oxygen atoms in total. The molecule has 5 atom stereocenters. The van der Waals surface area contributed by atoms with Gasteiger partial charge in [0.1, 0.15) is 30.9 Å². The summed E-state index contributed by atoms with van der Waals surface area (Å²) in [7, 11) is -2.98. The van der Waals surface area contributed by atoms with Crippen LogP contribution in [0, 0.1) is 0 Å². The van der Waals surface area contributed by atoms with Gasteiger partial charge < -0.3 is 28.4 Å². The van der Waals surface area contributed by atoms with E-state index in [1.54, 1.807) is 85.9 Å². The summed E-state index contributed by atoms with van der Waals surface area (Å²) in [6.07, 6.45) is -7.53.